The number of nitrogens with two attached hydrogens (primary N) is 1. The smallest absolute Gasteiger partial charge is 0.178 e. The number of nitrogen functional groups attached to an aromatic ring is 1. The fourth-order valence-electron chi connectivity index (χ4n) is 1.66. The van der Waals surface area contributed by atoms with E-state index in [2.05, 4.69) is 15.0 Å². The minimum absolute atomic E-state index is 0.271. The summed E-state index contributed by atoms with van der Waals surface area (Å²) in [5.74, 6) is 0.380. The number of hydrogen-bond donors (Lipinski definition) is 2. The van der Waals surface area contributed by atoms with Gasteiger partial charge in [0.2, 0.25) is 0 Å². The van der Waals surface area contributed by atoms with Gasteiger partial charge in [-0.3, -0.25) is 0 Å². The monoisotopic (exact) mass is 228 g/mol. The van der Waals surface area contributed by atoms with Crippen LogP contribution in [0, 0.1) is 5.82 Å². The van der Waals surface area contributed by atoms with E-state index in [4.69, 9.17) is 5.73 Å². The average Bonchev–Trinajstić information content (AvgIpc) is 2.72. The molecule has 1 aromatic carbocycles. The van der Waals surface area contributed by atoms with Crippen LogP contribution >= 0.6 is 0 Å². The summed E-state index contributed by atoms with van der Waals surface area (Å²) >= 11 is 0. The minimum Gasteiger partial charge on any atom is -0.397 e. The number of aromatic nitrogens is 3. The molecule has 0 spiro atoms. The molecule has 0 atom stereocenters. The van der Waals surface area contributed by atoms with Crippen molar-refractivity contribution in [1.82, 2.24) is 15.0 Å². The number of rotatable bonds is 1. The number of imidazole rings is 1. The van der Waals surface area contributed by atoms with E-state index in [1.165, 1.54) is 12.1 Å². The highest BCUT2D eigenvalue weighted by atomic mass is 19.1. The molecule has 0 bridgehead atoms. The molecule has 0 saturated heterocycles. The van der Waals surface area contributed by atoms with E-state index < -0.39 is 0 Å². The van der Waals surface area contributed by atoms with Gasteiger partial charge in [0.1, 0.15) is 11.6 Å². The number of anilines is 1. The fourth-order valence-corrected chi connectivity index (χ4v) is 1.66. The summed E-state index contributed by atoms with van der Waals surface area (Å²) < 4.78 is 12.8. The van der Waals surface area contributed by atoms with Gasteiger partial charge in [0.15, 0.2) is 5.65 Å². The maximum absolute atomic E-state index is 12.8. The summed E-state index contributed by atoms with van der Waals surface area (Å²) in [6, 6.07) is 7.88. The van der Waals surface area contributed by atoms with Gasteiger partial charge in [-0.15, -0.1) is 0 Å². The molecule has 84 valence electrons. The standard InChI is InChI=1S/C12H9FN4/c13-8-3-1-7(2-4-8)11-16-10-5-9(14)6-15-12(10)17-11/h1-6H,14H2,(H,15,16,17). The van der Waals surface area contributed by atoms with E-state index in [0.29, 0.717) is 17.2 Å². The van der Waals surface area contributed by atoms with E-state index in [9.17, 15) is 4.39 Å². The van der Waals surface area contributed by atoms with E-state index in [0.717, 1.165) is 11.1 Å². The Morgan fingerprint density at radius 1 is 1.18 bits per heavy atom. The van der Waals surface area contributed by atoms with Crippen LogP contribution < -0.4 is 5.73 Å². The molecular formula is C12H9FN4. The number of fused-ring (bicyclic) bond motifs is 1. The molecule has 3 aromatic rings. The molecule has 17 heavy (non-hydrogen) atoms. The molecule has 3 rings (SSSR count). The van der Waals surface area contributed by atoms with Crippen LogP contribution in [0.4, 0.5) is 10.1 Å². The molecule has 3 N–H and O–H groups in total. The third kappa shape index (κ3) is 1.71. The van der Waals surface area contributed by atoms with Crippen LogP contribution in [0.25, 0.3) is 22.6 Å². The molecule has 0 unspecified atom stereocenters. The zero-order valence-electron chi connectivity index (χ0n) is 8.81. The first-order chi connectivity index (χ1) is 8.22. The first-order valence-electron chi connectivity index (χ1n) is 5.09. The highest BCUT2D eigenvalue weighted by Crippen LogP contribution is 2.20. The molecule has 4 nitrogen and oxygen atoms in total. The molecule has 2 aromatic heterocycles. The second kappa shape index (κ2) is 3.55. The Bertz CT molecular complexity index is 673. The molecule has 0 aliphatic rings. The summed E-state index contributed by atoms with van der Waals surface area (Å²) in [5, 5.41) is 0. The SMILES string of the molecule is Nc1cnc2nc(-c3ccc(F)cc3)[nH]c2c1. The van der Waals surface area contributed by atoms with E-state index in [1.54, 1.807) is 24.4 Å². The first kappa shape index (κ1) is 9.77. The van der Waals surface area contributed by atoms with Crippen molar-refractivity contribution in [3.8, 4) is 11.4 Å². The van der Waals surface area contributed by atoms with Gasteiger partial charge in [-0.25, -0.2) is 14.4 Å². The molecule has 0 aliphatic carbocycles. The number of benzene rings is 1. The molecule has 0 amide bonds. The Kier molecular flexibility index (Phi) is 2.04. The van der Waals surface area contributed by atoms with Crippen LogP contribution in [0.2, 0.25) is 0 Å². The van der Waals surface area contributed by atoms with Crippen molar-refractivity contribution in [3.05, 3.63) is 42.3 Å². The van der Waals surface area contributed by atoms with Gasteiger partial charge in [0, 0.05) is 5.56 Å². The van der Waals surface area contributed by atoms with E-state index in [-0.39, 0.29) is 5.82 Å². The second-order valence-electron chi connectivity index (χ2n) is 3.73. The third-order valence-electron chi connectivity index (χ3n) is 2.48. The van der Waals surface area contributed by atoms with Crippen LogP contribution in [0.3, 0.4) is 0 Å². The molecular weight excluding hydrogens is 219 g/mol. The minimum atomic E-state index is -0.271. The Balaban J connectivity index is 2.14. The third-order valence-corrected chi connectivity index (χ3v) is 2.48. The number of pyridine rings is 1. The van der Waals surface area contributed by atoms with E-state index >= 15 is 0 Å². The Hall–Kier alpha value is -2.43. The number of halogens is 1. The predicted molar refractivity (Wildman–Crippen MR) is 63.7 cm³/mol. The average molecular weight is 228 g/mol. The lowest BCUT2D eigenvalue weighted by Crippen LogP contribution is -1.85. The van der Waals surface area contributed by atoms with Crippen molar-refractivity contribution >= 4 is 16.9 Å². The van der Waals surface area contributed by atoms with Crippen LogP contribution in [-0.4, -0.2) is 15.0 Å². The van der Waals surface area contributed by atoms with Crippen molar-refractivity contribution in [2.75, 3.05) is 5.73 Å². The zero-order valence-corrected chi connectivity index (χ0v) is 8.81. The topological polar surface area (TPSA) is 67.6 Å². The van der Waals surface area contributed by atoms with Crippen molar-refractivity contribution in [1.29, 1.82) is 0 Å². The molecule has 0 fully saturated rings. The summed E-state index contributed by atoms with van der Waals surface area (Å²) in [6.45, 7) is 0. The Morgan fingerprint density at radius 2 is 1.94 bits per heavy atom. The van der Waals surface area contributed by atoms with Gasteiger partial charge in [-0.05, 0) is 30.3 Å². The second-order valence-corrected chi connectivity index (χ2v) is 3.73. The van der Waals surface area contributed by atoms with Crippen molar-refractivity contribution in [2.24, 2.45) is 0 Å². The molecule has 5 heteroatoms. The van der Waals surface area contributed by atoms with Crippen molar-refractivity contribution in [2.45, 2.75) is 0 Å². The summed E-state index contributed by atoms with van der Waals surface area (Å²) in [7, 11) is 0. The largest absolute Gasteiger partial charge is 0.397 e. The van der Waals surface area contributed by atoms with Gasteiger partial charge in [0.05, 0.1) is 17.4 Å². The lowest BCUT2D eigenvalue weighted by molar-refractivity contribution is 0.628. The Morgan fingerprint density at radius 3 is 2.71 bits per heavy atom. The van der Waals surface area contributed by atoms with Crippen LogP contribution in [0.15, 0.2) is 36.5 Å². The van der Waals surface area contributed by atoms with Crippen LogP contribution in [0.5, 0.6) is 0 Å². The number of aromatic amines is 1. The van der Waals surface area contributed by atoms with Gasteiger partial charge in [0.25, 0.3) is 0 Å². The number of nitrogens with one attached hydrogen (secondary N) is 1. The zero-order chi connectivity index (χ0) is 11.8. The summed E-state index contributed by atoms with van der Waals surface area (Å²) in [6.07, 6.45) is 1.55. The highest BCUT2D eigenvalue weighted by Gasteiger charge is 2.06. The Labute approximate surface area is 96.3 Å². The molecule has 0 radical (unpaired) electrons. The maximum atomic E-state index is 12.8. The molecule has 2 heterocycles. The van der Waals surface area contributed by atoms with Gasteiger partial charge >= 0.3 is 0 Å². The number of H-pyrrole nitrogens is 1. The van der Waals surface area contributed by atoms with Crippen molar-refractivity contribution in [3.63, 3.8) is 0 Å². The highest BCUT2D eigenvalue weighted by molar-refractivity contribution is 5.78. The van der Waals surface area contributed by atoms with E-state index in [1.807, 2.05) is 0 Å². The van der Waals surface area contributed by atoms with Gasteiger partial charge < -0.3 is 10.7 Å². The van der Waals surface area contributed by atoms with Gasteiger partial charge in [-0.2, -0.15) is 0 Å². The quantitative estimate of drug-likeness (QED) is 0.671. The number of hydrogen-bond acceptors (Lipinski definition) is 3. The molecule has 0 aliphatic heterocycles. The maximum Gasteiger partial charge on any atom is 0.178 e. The molecule has 0 saturated carbocycles. The summed E-state index contributed by atoms with van der Waals surface area (Å²) in [4.78, 5) is 11.5. The predicted octanol–water partition coefficient (Wildman–Crippen LogP) is 2.35. The van der Waals surface area contributed by atoms with Gasteiger partial charge in [-0.1, -0.05) is 0 Å². The normalized spacial score (nSPS) is 10.9. The number of nitrogens with zero attached hydrogens (tertiary/aromatic N) is 2. The summed E-state index contributed by atoms with van der Waals surface area (Å²) in [5.41, 5.74) is 8.38. The lowest BCUT2D eigenvalue weighted by Gasteiger charge is -1.94. The first-order valence-corrected chi connectivity index (χ1v) is 5.09. The van der Waals surface area contributed by atoms with Crippen molar-refractivity contribution < 1.29 is 4.39 Å². The lowest BCUT2D eigenvalue weighted by atomic mass is 10.2. The van der Waals surface area contributed by atoms with Crippen LogP contribution in [0.1, 0.15) is 0 Å². The fraction of sp³-hybridized carbons (Fsp3) is 0. The van der Waals surface area contributed by atoms with Crippen LogP contribution in [-0.2, 0) is 0 Å².